The van der Waals surface area contributed by atoms with Gasteiger partial charge in [-0.1, -0.05) is 0 Å². The smallest absolute Gasteiger partial charge is 0.341 e. The number of anilines is 1. The Kier molecular flexibility index (Phi) is 4.14. The van der Waals surface area contributed by atoms with E-state index in [-0.39, 0.29) is 6.04 Å². The van der Waals surface area contributed by atoms with Gasteiger partial charge in [0.15, 0.2) is 11.5 Å². The summed E-state index contributed by atoms with van der Waals surface area (Å²) in [6.45, 7) is 5.17. The molecule has 1 aromatic rings. The molecular formula is C14H19NO4. The molecule has 1 aromatic carbocycles. The minimum absolute atomic E-state index is 0.259. The molecule has 5 heteroatoms. The van der Waals surface area contributed by atoms with Crippen LogP contribution in [-0.2, 0) is 4.74 Å². The van der Waals surface area contributed by atoms with E-state index in [1.54, 1.807) is 6.07 Å². The first kappa shape index (κ1) is 13.5. The molecule has 19 heavy (non-hydrogen) atoms. The van der Waals surface area contributed by atoms with E-state index in [2.05, 4.69) is 5.32 Å². The van der Waals surface area contributed by atoms with Gasteiger partial charge in [0.1, 0.15) is 5.56 Å². The van der Waals surface area contributed by atoms with Crippen LogP contribution in [0.3, 0.4) is 0 Å². The number of fused-ring (bicyclic) bond motifs is 1. The van der Waals surface area contributed by atoms with E-state index >= 15 is 0 Å². The summed E-state index contributed by atoms with van der Waals surface area (Å²) in [5.41, 5.74) is 1.21. The fourth-order valence-electron chi connectivity index (χ4n) is 1.95. The van der Waals surface area contributed by atoms with Crippen LogP contribution in [0.15, 0.2) is 12.1 Å². The van der Waals surface area contributed by atoms with Crippen molar-refractivity contribution in [2.75, 3.05) is 25.6 Å². The number of methoxy groups -OCH3 is 1. The van der Waals surface area contributed by atoms with Crippen molar-refractivity contribution in [3.63, 3.8) is 0 Å². The first-order chi connectivity index (χ1) is 9.11. The standard InChI is InChI=1S/C14H19NO4/c1-9(2)15-10-7-11(14(16)17-3)13-12(8-10)18-5-4-6-19-13/h7-9,15H,4-6H2,1-3H3. The highest BCUT2D eigenvalue weighted by atomic mass is 16.5. The van der Waals surface area contributed by atoms with Crippen LogP contribution in [0, 0.1) is 0 Å². The molecule has 0 saturated heterocycles. The summed E-state index contributed by atoms with van der Waals surface area (Å²) in [5.74, 6) is 0.636. The normalized spacial score (nSPS) is 13.9. The largest absolute Gasteiger partial charge is 0.489 e. The van der Waals surface area contributed by atoms with Gasteiger partial charge in [-0.15, -0.1) is 0 Å². The van der Waals surface area contributed by atoms with E-state index in [1.807, 2.05) is 19.9 Å². The van der Waals surface area contributed by atoms with Crippen LogP contribution in [0.5, 0.6) is 11.5 Å². The van der Waals surface area contributed by atoms with Crippen LogP contribution < -0.4 is 14.8 Å². The first-order valence-electron chi connectivity index (χ1n) is 6.40. The van der Waals surface area contributed by atoms with Crippen molar-refractivity contribution in [1.82, 2.24) is 0 Å². The topological polar surface area (TPSA) is 56.8 Å². The molecule has 0 atom stereocenters. The summed E-state index contributed by atoms with van der Waals surface area (Å²) < 4.78 is 16.0. The average molecular weight is 265 g/mol. The second kappa shape index (κ2) is 5.82. The number of rotatable bonds is 3. The molecule has 1 aliphatic rings. The molecule has 0 spiro atoms. The summed E-state index contributed by atoms with van der Waals surface area (Å²) in [6, 6.07) is 3.85. The lowest BCUT2D eigenvalue weighted by atomic mass is 10.1. The molecule has 0 bridgehead atoms. The van der Waals surface area contributed by atoms with Crippen LogP contribution in [0.25, 0.3) is 0 Å². The summed E-state index contributed by atoms with van der Waals surface area (Å²) in [7, 11) is 1.36. The van der Waals surface area contributed by atoms with Crippen LogP contribution in [0.4, 0.5) is 5.69 Å². The van der Waals surface area contributed by atoms with Crippen molar-refractivity contribution in [2.24, 2.45) is 0 Å². The quantitative estimate of drug-likeness (QED) is 0.851. The van der Waals surface area contributed by atoms with Gasteiger partial charge in [-0.05, 0) is 19.9 Å². The third-order valence-corrected chi connectivity index (χ3v) is 2.71. The highest BCUT2D eigenvalue weighted by molar-refractivity contribution is 5.95. The molecule has 1 heterocycles. The molecular weight excluding hydrogens is 246 g/mol. The molecule has 0 aromatic heterocycles. The summed E-state index contributed by atoms with van der Waals surface area (Å²) >= 11 is 0. The third-order valence-electron chi connectivity index (χ3n) is 2.71. The van der Waals surface area contributed by atoms with Crippen molar-refractivity contribution < 1.29 is 19.0 Å². The zero-order valence-corrected chi connectivity index (χ0v) is 11.5. The van der Waals surface area contributed by atoms with Gasteiger partial charge in [0.25, 0.3) is 0 Å². The van der Waals surface area contributed by atoms with Gasteiger partial charge in [-0.3, -0.25) is 0 Å². The van der Waals surface area contributed by atoms with Gasteiger partial charge >= 0.3 is 5.97 Å². The molecule has 0 unspecified atom stereocenters. The summed E-state index contributed by atoms with van der Waals surface area (Å²) in [6.07, 6.45) is 0.794. The Labute approximate surface area is 112 Å². The van der Waals surface area contributed by atoms with Crippen molar-refractivity contribution in [3.8, 4) is 11.5 Å². The Bertz CT molecular complexity index is 471. The molecule has 0 radical (unpaired) electrons. The van der Waals surface area contributed by atoms with Gasteiger partial charge in [-0.2, -0.15) is 0 Å². The lowest BCUT2D eigenvalue weighted by Gasteiger charge is -2.16. The zero-order chi connectivity index (χ0) is 13.8. The highest BCUT2D eigenvalue weighted by Crippen LogP contribution is 2.37. The zero-order valence-electron chi connectivity index (χ0n) is 11.5. The molecule has 5 nitrogen and oxygen atoms in total. The Balaban J connectivity index is 2.45. The molecule has 1 N–H and O–H groups in total. The molecule has 1 aliphatic heterocycles. The Hall–Kier alpha value is -1.91. The predicted octanol–water partition coefficient (Wildman–Crippen LogP) is 2.45. The van der Waals surface area contributed by atoms with Gasteiger partial charge in [-0.25, -0.2) is 4.79 Å². The molecule has 0 amide bonds. The number of ether oxygens (including phenoxy) is 3. The minimum atomic E-state index is -0.422. The van der Waals surface area contributed by atoms with Crippen LogP contribution >= 0.6 is 0 Å². The first-order valence-corrected chi connectivity index (χ1v) is 6.40. The Morgan fingerprint density at radius 1 is 1.32 bits per heavy atom. The predicted molar refractivity (Wildman–Crippen MR) is 72.1 cm³/mol. The number of nitrogens with one attached hydrogen (secondary N) is 1. The number of hydrogen-bond donors (Lipinski definition) is 1. The molecule has 104 valence electrons. The lowest BCUT2D eigenvalue weighted by Crippen LogP contribution is -2.12. The Morgan fingerprint density at radius 2 is 2.05 bits per heavy atom. The van der Waals surface area contributed by atoms with E-state index in [0.717, 1.165) is 12.1 Å². The maximum Gasteiger partial charge on any atom is 0.341 e. The molecule has 0 aliphatic carbocycles. The maximum absolute atomic E-state index is 11.9. The SMILES string of the molecule is COC(=O)c1cc(NC(C)C)cc2c1OCCCO2. The van der Waals surface area contributed by atoms with Gasteiger partial charge in [0, 0.05) is 24.2 Å². The fraction of sp³-hybridized carbons (Fsp3) is 0.500. The monoisotopic (exact) mass is 265 g/mol. The van der Waals surface area contributed by atoms with Crippen LogP contribution in [-0.4, -0.2) is 32.3 Å². The molecule has 0 saturated carbocycles. The van der Waals surface area contributed by atoms with Crippen LogP contribution in [0.1, 0.15) is 30.6 Å². The average Bonchev–Trinajstić information content (AvgIpc) is 2.61. The van der Waals surface area contributed by atoms with E-state index in [0.29, 0.717) is 30.3 Å². The second-order valence-corrected chi connectivity index (χ2v) is 4.69. The van der Waals surface area contributed by atoms with E-state index < -0.39 is 5.97 Å². The summed E-state index contributed by atoms with van der Waals surface area (Å²) in [5, 5.41) is 3.25. The third kappa shape index (κ3) is 3.10. The van der Waals surface area contributed by atoms with E-state index in [1.165, 1.54) is 7.11 Å². The van der Waals surface area contributed by atoms with Crippen molar-refractivity contribution in [2.45, 2.75) is 26.3 Å². The van der Waals surface area contributed by atoms with E-state index in [9.17, 15) is 4.79 Å². The van der Waals surface area contributed by atoms with Gasteiger partial charge in [0.05, 0.1) is 20.3 Å². The van der Waals surface area contributed by atoms with E-state index in [4.69, 9.17) is 14.2 Å². The number of esters is 1. The van der Waals surface area contributed by atoms with Gasteiger partial charge < -0.3 is 19.5 Å². The van der Waals surface area contributed by atoms with Crippen LogP contribution in [0.2, 0.25) is 0 Å². The second-order valence-electron chi connectivity index (χ2n) is 4.69. The maximum atomic E-state index is 11.9. The number of carbonyl (C=O) groups is 1. The summed E-state index contributed by atoms with van der Waals surface area (Å²) in [4.78, 5) is 11.9. The number of carbonyl (C=O) groups excluding carboxylic acids is 1. The molecule has 0 fully saturated rings. The molecule has 2 rings (SSSR count). The van der Waals surface area contributed by atoms with Gasteiger partial charge in [0.2, 0.25) is 0 Å². The highest BCUT2D eigenvalue weighted by Gasteiger charge is 2.22. The Morgan fingerprint density at radius 3 is 2.74 bits per heavy atom. The minimum Gasteiger partial charge on any atom is -0.489 e. The fourth-order valence-corrected chi connectivity index (χ4v) is 1.95. The van der Waals surface area contributed by atoms with Crippen molar-refractivity contribution >= 4 is 11.7 Å². The van der Waals surface area contributed by atoms with Crippen molar-refractivity contribution in [1.29, 1.82) is 0 Å². The number of benzene rings is 1. The van der Waals surface area contributed by atoms with Crippen molar-refractivity contribution in [3.05, 3.63) is 17.7 Å². The lowest BCUT2D eigenvalue weighted by molar-refractivity contribution is 0.0596. The number of hydrogen-bond acceptors (Lipinski definition) is 5.